The van der Waals surface area contributed by atoms with Gasteiger partial charge in [0.1, 0.15) is 0 Å². The second kappa shape index (κ2) is 19.2. The summed E-state index contributed by atoms with van der Waals surface area (Å²) in [5, 5.41) is 9.01. The number of aliphatic hydroxyl groups is 1. The van der Waals surface area contributed by atoms with Gasteiger partial charge in [-0.15, -0.1) is 0 Å². The predicted octanol–water partition coefficient (Wildman–Crippen LogP) is 5.97. The summed E-state index contributed by atoms with van der Waals surface area (Å²) >= 11 is 0. The van der Waals surface area contributed by atoms with Crippen LogP contribution >= 0.6 is 0 Å². The Morgan fingerprint density at radius 2 is 1.35 bits per heavy atom. The van der Waals surface area contributed by atoms with Crippen molar-refractivity contribution >= 4 is 0 Å². The number of hydrogen-bond acceptors (Lipinski definition) is 2. The highest BCUT2D eigenvalue weighted by atomic mass is 16.5. The van der Waals surface area contributed by atoms with Crippen molar-refractivity contribution in [2.75, 3.05) is 13.7 Å². The minimum Gasteiger partial charge on any atom is -0.394 e. The van der Waals surface area contributed by atoms with Crippen LogP contribution in [-0.4, -0.2) is 24.9 Å². The molecular weight excluding hydrogens is 284 g/mol. The maximum Gasteiger partial charge on any atom is 0.0802 e. The summed E-state index contributed by atoms with van der Waals surface area (Å²) in [5.74, 6) is 0. The summed E-state index contributed by atoms with van der Waals surface area (Å²) in [4.78, 5) is 0. The molecule has 134 valence electrons. The van der Waals surface area contributed by atoms with Crippen molar-refractivity contribution < 1.29 is 9.84 Å². The molecule has 0 heterocycles. The van der Waals surface area contributed by atoms with Crippen molar-refractivity contribution in [3.05, 3.63) is 36.5 Å². The first kappa shape index (κ1) is 22.1. The number of methoxy groups -OCH3 is 1. The highest BCUT2D eigenvalue weighted by molar-refractivity contribution is 4.96. The van der Waals surface area contributed by atoms with Crippen LogP contribution in [0.15, 0.2) is 36.5 Å². The molecule has 0 bridgehead atoms. The number of ether oxygens (including phenoxy) is 1. The normalized spacial score (nSPS) is 13.7. The van der Waals surface area contributed by atoms with Gasteiger partial charge in [0.2, 0.25) is 0 Å². The van der Waals surface area contributed by atoms with Crippen molar-refractivity contribution in [1.29, 1.82) is 0 Å². The molecule has 23 heavy (non-hydrogen) atoms. The van der Waals surface area contributed by atoms with Crippen LogP contribution in [0.4, 0.5) is 0 Å². The van der Waals surface area contributed by atoms with Gasteiger partial charge in [0, 0.05) is 7.11 Å². The molecule has 0 spiro atoms. The minimum atomic E-state index is 0.0388. The van der Waals surface area contributed by atoms with E-state index in [-0.39, 0.29) is 12.7 Å². The third-order valence-corrected chi connectivity index (χ3v) is 3.96. The summed E-state index contributed by atoms with van der Waals surface area (Å²) in [7, 11) is 1.67. The lowest BCUT2D eigenvalue weighted by molar-refractivity contribution is 0.0415. The maximum absolute atomic E-state index is 9.01. The number of aliphatic hydroxyl groups excluding tert-OH is 1. The van der Waals surface area contributed by atoms with Crippen molar-refractivity contribution in [2.24, 2.45) is 0 Å². The summed E-state index contributed by atoms with van der Waals surface area (Å²) < 4.78 is 5.16. The van der Waals surface area contributed by atoms with E-state index in [2.05, 4.69) is 43.4 Å². The van der Waals surface area contributed by atoms with Crippen molar-refractivity contribution in [2.45, 2.75) is 83.7 Å². The molecule has 1 unspecified atom stereocenters. The fraction of sp³-hybridized carbons (Fsp3) is 0.714. The van der Waals surface area contributed by atoms with Crippen LogP contribution in [0.5, 0.6) is 0 Å². The van der Waals surface area contributed by atoms with Gasteiger partial charge in [-0.2, -0.15) is 0 Å². The molecule has 1 N–H and O–H groups in total. The SMILES string of the molecule is CCC=CCC=CCC=CCCCCCCCCC(CO)OC. The van der Waals surface area contributed by atoms with E-state index in [1.165, 1.54) is 44.9 Å². The minimum absolute atomic E-state index is 0.0388. The maximum atomic E-state index is 9.01. The lowest BCUT2D eigenvalue weighted by Crippen LogP contribution is -2.14. The first-order valence-electron chi connectivity index (χ1n) is 9.43. The summed E-state index contributed by atoms with van der Waals surface area (Å²) in [6.07, 6.45) is 26.7. The van der Waals surface area contributed by atoms with E-state index in [0.29, 0.717) is 0 Å². The van der Waals surface area contributed by atoms with E-state index in [9.17, 15) is 0 Å². The summed E-state index contributed by atoms with van der Waals surface area (Å²) in [6, 6.07) is 0. The van der Waals surface area contributed by atoms with Gasteiger partial charge in [0.05, 0.1) is 12.7 Å². The Bertz CT molecular complexity index is 301. The molecular formula is C21H38O2. The molecule has 0 aliphatic rings. The van der Waals surface area contributed by atoms with Crippen LogP contribution < -0.4 is 0 Å². The van der Waals surface area contributed by atoms with Crippen LogP contribution in [0.3, 0.4) is 0 Å². The molecule has 0 aliphatic carbocycles. The van der Waals surface area contributed by atoms with Crippen LogP contribution in [0.25, 0.3) is 0 Å². The number of rotatable bonds is 16. The fourth-order valence-electron chi connectivity index (χ4n) is 2.45. The van der Waals surface area contributed by atoms with Crippen LogP contribution in [0.2, 0.25) is 0 Å². The number of unbranched alkanes of at least 4 members (excludes halogenated alkanes) is 6. The Morgan fingerprint density at radius 1 is 0.783 bits per heavy atom. The Balaban J connectivity index is 3.26. The average Bonchev–Trinajstić information content (AvgIpc) is 2.58. The van der Waals surface area contributed by atoms with Gasteiger partial charge in [0.15, 0.2) is 0 Å². The van der Waals surface area contributed by atoms with Crippen molar-refractivity contribution in [3.8, 4) is 0 Å². The summed E-state index contributed by atoms with van der Waals surface area (Å²) in [6.45, 7) is 2.31. The zero-order valence-electron chi connectivity index (χ0n) is 15.4. The van der Waals surface area contributed by atoms with Gasteiger partial charge >= 0.3 is 0 Å². The summed E-state index contributed by atoms with van der Waals surface area (Å²) in [5.41, 5.74) is 0. The highest BCUT2D eigenvalue weighted by Crippen LogP contribution is 2.11. The fourth-order valence-corrected chi connectivity index (χ4v) is 2.45. The zero-order valence-corrected chi connectivity index (χ0v) is 15.4. The molecule has 0 saturated carbocycles. The lowest BCUT2D eigenvalue weighted by atomic mass is 10.1. The highest BCUT2D eigenvalue weighted by Gasteiger charge is 2.03. The second-order valence-corrected chi connectivity index (χ2v) is 6.03. The quantitative estimate of drug-likeness (QED) is 0.280. The zero-order chi connectivity index (χ0) is 17.0. The Morgan fingerprint density at radius 3 is 1.96 bits per heavy atom. The van der Waals surface area contributed by atoms with E-state index in [1.807, 2.05) is 0 Å². The second-order valence-electron chi connectivity index (χ2n) is 6.03. The van der Waals surface area contributed by atoms with Gasteiger partial charge in [-0.1, -0.05) is 75.5 Å². The molecule has 2 nitrogen and oxygen atoms in total. The van der Waals surface area contributed by atoms with Gasteiger partial charge in [-0.05, 0) is 38.5 Å². The molecule has 0 aromatic carbocycles. The molecule has 0 aromatic heterocycles. The Kier molecular flexibility index (Phi) is 18.5. The lowest BCUT2D eigenvalue weighted by Gasteiger charge is -2.11. The van der Waals surface area contributed by atoms with Crippen LogP contribution in [-0.2, 0) is 4.74 Å². The monoisotopic (exact) mass is 322 g/mol. The smallest absolute Gasteiger partial charge is 0.0802 e. The first-order valence-corrected chi connectivity index (χ1v) is 9.43. The Labute approximate surface area is 144 Å². The largest absolute Gasteiger partial charge is 0.394 e. The van der Waals surface area contributed by atoms with E-state index in [4.69, 9.17) is 9.84 Å². The first-order chi connectivity index (χ1) is 11.3. The number of allylic oxidation sites excluding steroid dienone is 6. The molecule has 0 saturated heterocycles. The van der Waals surface area contributed by atoms with Gasteiger partial charge in [0.25, 0.3) is 0 Å². The molecule has 1 atom stereocenters. The van der Waals surface area contributed by atoms with Crippen molar-refractivity contribution in [3.63, 3.8) is 0 Å². The van der Waals surface area contributed by atoms with Crippen molar-refractivity contribution in [1.82, 2.24) is 0 Å². The van der Waals surface area contributed by atoms with E-state index in [1.54, 1.807) is 7.11 Å². The predicted molar refractivity (Wildman–Crippen MR) is 102 cm³/mol. The molecule has 0 radical (unpaired) electrons. The molecule has 0 amide bonds. The molecule has 0 rings (SSSR count). The van der Waals surface area contributed by atoms with Gasteiger partial charge < -0.3 is 9.84 Å². The topological polar surface area (TPSA) is 29.5 Å². The standard InChI is InChI=1S/C21H38O2/c1-3-4-5-6-7-8-9-10-11-12-13-14-15-16-17-18-19-21(20-22)23-2/h4-5,7-8,10-11,21-22H,3,6,9,12-20H2,1-2H3. The molecule has 0 aliphatic heterocycles. The third kappa shape index (κ3) is 17.3. The molecule has 0 fully saturated rings. The number of hydrogen-bond donors (Lipinski definition) is 1. The molecule has 2 heteroatoms. The molecule has 0 aromatic rings. The average molecular weight is 323 g/mol. The Hall–Kier alpha value is -0.860. The third-order valence-electron chi connectivity index (χ3n) is 3.96. The van der Waals surface area contributed by atoms with E-state index in [0.717, 1.165) is 25.7 Å². The van der Waals surface area contributed by atoms with E-state index >= 15 is 0 Å². The van der Waals surface area contributed by atoms with E-state index < -0.39 is 0 Å². The van der Waals surface area contributed by atoms with Gasteiger partial charge in [-0.25, -0.2) is 0 Å². The van der Waals surface area contributed by atoms with Crippen LogP contribution in [0, 0.1) is 0 Å². The van der Waals surface area contributed by atoms with Crippen LogP contribution in [0.1, 0.15) is 77.6 Å². The van der Waals surface area contributed by atoms with Gasteiger partial charge in [-0.3, -0.25) is 0 Å².